The van der Waals surface area contributed by atoms with Gasteiger partial charge in [-0.3, -0.25) is 4.99 Å². The highest BCUT2D eigenvalue weighted by Crippen LogP contribution is 2.39. The summed E-state index contributed by atoms with van der Waals surface area (Å²) in [7, 11) is 0. The van der Waals surface area contributed by atoms with Crippen LogP contribution in [0.2, 0.25) is 0 Å². The number of nitrogens with two attached hydrogens (primary N) is 1. The number of hydrogen-bond donors (Lipinski definition) is 2. The van der Waals surface area contributed by atoms with E-state index >= 15 is 0 Å². The minimum Gasteiger partial charge on any atom is -0.396 e. The molecule has 0 bridgehead atoms. The van der Waals surface area contributed by atoms with E-state index in [1.165, 1.54) is 32.1 Å². The number of guanidine groups is 1. The van der Waals surface area contributed by atoms with Gasteiger partial charge in [-0.15, -0.1) is 0 Å². The summed E-state index contributed by atoms with van der Waals surface area (Å²) in [6.45, 7) is 3.11. The summed E-state index contributed by atoms with van der Waals surface area (Å²) in [4.78, 5) is 6.86. The normalized spacial score (nSPS) is 24.5. The molecule has 1 aliphatic heterocycles. The number of hydrogen-bond acceptors (Lipinski definition) is 3. The van der Waals surface area contributed by atoms with Gasteiger partial charge in [0.1, 0.15) is 0 Å². The minimum atomic E-state index is 0.210. The Morgan fingerprint density at radius 2 is 1.89 bits per heavy atom. The van der Waals surface area contributed by atoms with E-state index in [9.17, 15) is 5.11 Å². The molecule has 0 amide bonds. The van der Waals surface area contributed by atoms with Crippen molar-refractivity contribution < 1.29 is 5.11 Å². The van der Waals surface area contributed by atoms with Crippen LogP contribution in [-0.4, -0.2) is 53.7 Å². The third-order valence-electron chi connectivity index (χ3n) is 4.47. The molecule has 0 aromatic heterocycles. The zero-order valence-electron chi connectivity index (χ0n) is 11.8. The van der Waals surface area contributed by atoms with Gasteiger partial charge in [0.2, 0.25) is 0 Å². The lowest BCUT2D eigenvalue weighted by molar-refractivity contribution is 0.137. The largest absolute Gasteiger partial charge is 0.396 e. The Morgan fingerprint density at radius 1 is 1.21 bits per heavy atom. The molecule has 0 radical (unpaired) electrons. The summed E-state index contributed by atoms with van der Waals surface area (Å²) >= 11 is 1.98. The van der Waals surface area contributed by atoms with Gasteiger partial charge >= 0.3 is 0 Å². The second kappa shape index (κ2) is 7.39. The molecule has 0 aromatic carbocycles. The van der Waals surface area contributed by atoms with Gasteiger partial charge in [-0.1, -0.05) is 19.3 Å². The van der Waals surface area contributed by atoms with Crippen LogP contribution in [0.25, 0.3) is 0 Å². The summed E-state index contributed by atoms with van der Waals surface area (Å²) < 4.78 is 0. The van der Waals surface area contributed by atoms with E-state index in [2.05, 4.69) is 9.89 Å². The standard InChI is InChI=1S/C14H27N3OS/c15-13(17-7-10-19-11-8-17)16-12-14(6-9-18)4-2-1-3-5-14/h18H,1-12H2,(H2,15,16). The molecule has 1 saturated heterocycles. The van der Waals surface area contributed by atoms with E-state index < -0.39 is 0 Å². The first-order chi connectivity index (χ1) is 9.26. The van der Waals surface area contributed by atoms with E-state index in [4.69, 9.17) is 5.73 Å². The SMILES string of the molecule is NC(=NCC1(CCO)CCCCC1)N1CCSCC1. The lowest BCUT2D eigenvalue weighted by atomic mass is 9.72. The molecule has 1 aliphatic carbocycles. The van der Waals surface area contributed by atoms with E-state index in [1.54, 1.807) is 0 Å². The van der Waals surface area contributed by atoms with Crippen molar-refractivity contribution in [3.05, 3.63) is 0 Å². The van der Waals surface area contributed by atoms with Gasteiger partial charge < -0.3 is 15.7 Å². The fourth-order valence-electron chi connectivity index (χ4n) is 3.17. The van der Waals surface area contributed by atoms with E-state index in [0.29, 0.717) is 5.96 Å². The van der Waals surface area contributed by atoms with Crippen LogP contribution in [0, 0.1) is 5.41 Å². The maximum atomic E-state index is 9.30. The van der Waals surface area contributed by atoms with Crippen molar-refractivity contribution in [3.63, 3.8) is 0 Å². The molecule has 110 valence electrons. The lowest BCUT2D eigenvalue weighted by Gasteiger charge is -2.36. The zero-order chi connectivity index (χ0) is 13.6. The zero-order valence-corrected chi connectivity index (χ0v) is 12.6. The molecule has 0 spiro atoms. The van der Waals surface area contributed by atoms with Gasteiger partial charge in [-0.25, -0.2) is 0 Å². The third kappa shape index (κ3) is 4.28. The molecular formula is C14H27N3OS. The number of rotatable bonds is 4. The maximum Gasteiger partial charge on any atom is 0.191 e. The fourth-order valence-corrected chi connectivity index (χ4v) is 4.07. The molecule has 5 heteroatoms. The molecule has 19 heavy (non-hydrogen) atoms. The van der Waals surface area contributed by atoms with E-state index in [1.807, 2.05) is 11.8 Å². The predicted molar refractivity (Wildman–Crippen MR) is 82.6 cm³/mol. The first kappa shape index (κ1) is 15.0. The van der Waals surface area contributed by atoms with Crippen LogP contribution in [0.4, 0.5) is 0 Å². The van der Waals surface area contributed by atoms with Gasteiger partial charge in [-0.2, -0.15) is 11.8 Å². The summed E-state index contributed by atoms with van der Waals surface area (Å²) in [5.41, 5.74) is 6.34. The van der Waals surface area contributed by atoms with Crippen LogP contribution in [0.15, 0.2) is 4.99 Å². The highest BCUT2D eigenvalue weighted by molar-refractivity contribution is 7.99. The van der Waals surface area contributed by atoms with Crippen LogP contribution in [0.5, 0.6) is 0 Å². The van der Waals surface area contributed by atoms with Crippen molar-refractivity contribution >= 4 is 17.7 Å². The third-order valence-corrected chi connectivity index (χ3v) is 5.41. The first-order valence-corrected chi connectivity index (χ1v) is 8.65. The van der Waals surface area contributed by atoms with E-state index in [0.717, 1.165) is 37.6 Å². The summed E-state index contributed by atoms with van der Waals surface area (Å²) in [5, 5.41) is 9.30. The van der Waals surface area contributed by atoms with Gasteiger partial charge in [0.15, 0.2) is 5.96 Å². The molecule has 4 nitrogen and oxygen atoms in total. The molecule has 3 N–H and O–H groups in total. The maximum absolute atomic E-state index is 9.30. The lowest BCUT2D eigenvalue weighted by Crippen LogP contribution is -2.43. The number of aliphatic hydroxyl groups is 1. The van der Waals surface area contributed by atoms with Crippen LogP contribution in [-0.2, 0) is 0 Å². The van der Waals surface area contributed by atoms with Crippen molar-refractivity contribution in [3.8, 4) is 0 Å². The topological polar surface area (TPSA) is 61.9 Å². The van der Waals surface area contributed by atoms with Crippen molar-refractivity contribution in [2.24, 2.45) is 16.1 Å². The molecule has 2 fully saturated rings. The Balaban J connectivity index is 1.92. The highest BCUT2D eigenvalue weighted by Gasteiger charge is 2.31. The van der Waals surface area contributed by atoms with Crippen LogP contribution in [0.3, 0.4) is 0 Å². The number of nitrogens with zero attached hydrogens (tertiary/aromatic N) is 2. The monoisotopic (exact) mass is 285 g/mol. The molecule has 0 unspecified atom stereocenters. The average molecular weight is 285 g/mol. The predicted octanol–water partition coefficient (Wildman–Crippen LogP) is 1.68. The Morgan fingerprint density at radius 3 is 2.53 bits per heavy atom. The van der Waals surface area contributed by atoms with Gasteiger partial charge in [-0.05, 0) is 24.7 Å². The van der Waals surface area contributed by atoms with Crippen LogP contribution < -0.4 is 5.73 Å². The number of aliphatic imine (C=N–C) groups is 1. The molecule has 1 heterocycles. The summed E-state index contributed by atoms with van der Waals surface area (Å²) in [6, 6.07) is 0. The average Bonchev–Trinajstić information content (AvgIpc) is 2.47. The van der Waals surface area contributed by atoms with Gasteiger partial charge in [0, 0.05) is 37.7 Å². The van der Waals surface area contributed by atoms with Gasteiger partial charge in [0.25, 0.3) is 0 Å². The Labute approximate surface area is 120 Å². The van der Waals surface area contributed by atoms with E-state index in [-0.39, 0.29) is 12.0 Å². The summed E-state index contributed by atoms with van der Waals surface area (Å²) in [6.07, 6.45) is 7.14. The molecule has 0 atom stereocenters. The molecule has 2 rings (SSSR count). The van der Waals surface area contributed by atoms with Crippen LogP contribution in [0.1, 0.15) is 38.5 Å². The highest BCUT2D eigenvalue weighted by atomic mass is 32.2. The van der Waals surface area contributed by atoms with Crippen LogP contribution >= 0.6 is 11.8 Å². The smallest absolute Gasteiger partial charge is 0.191 e. The Kier molecular flexibility index (Phi) is 5.82. The van der Waals surface area contributed by atoms with Crippen molar-refractivity contribution in [1.82, 2.24) is 4.90 Å². The van der Waals surface area contributed by atoms with Gasteiger partial charge in [0.05, 0.1) is 0 Å². The molecular weight excluding hydrogens is 258 g/mol. The quantitative estimate of drug-likeness (QED) is 0.609. The number of aliphatic hydroxyl groups excluding tert-OH is 1. The second-order valence-corrected chi connectivity index (χ2v) is 7.03. The molecule has 2 aliphatic rings. The number of thioether (sulfide) groups is 1. The van der Waals surface area contributed by atoms with Crippen molar-refractivity contribution in [1.29, 1.82) is 0 Å². The Bertz CT molecular complexity index is 292. The van der Waals surface area contributed by atoms with Crippen molar-refractivity contribution in [2.75, 3.05) is 37.7 Å². The van der Waals surface area contributed by atoms with Crippen molar-refractivity contribution in [2.45, 2.75) is 38.5 Å². The minimum absolute atomic E-state index is 0.210. The fraction of sp³-hybridized carbons (Fsp3) is 0.929. The Hall–Kier alpha value is -0.420. The molecule has 0 aromatic rings. The first-order valence-electron chi connectivity index (χ1n) is 7.49. The second-order valence-electron chi connectivity index (χ2n) is 5.81. The molecule has 1 saturated carbocycles. The summed E-state index contributed by atoms with van der Waals surface area (Å²) in [5.74, 6) is 3.01.